The molecule has 1 N–H and O–H groups in total. The molecule has 1 aliphatic heterocycles. The highest BCUT2D eigenvalue weighted by Gasteiger charge is 2.36. The number of rotatable bonds is 3. The van der Waals surface area contributed by atoms with Crippen LogP contribution in [0.3, 0.4) is 0 Å². The molecule has 3 nitrogen and oxygen atoms in total. The molecule has 0 aromatic carbocycles. The van der Waals surface area contributed by atoms with Gasteiger partial charge in [0.05, 0.1) is 5.60 Å². The summed E-state index contributed by atoms with van der Waals surface area (Å²) in [7, 11) is 1.76. The van der Waals surface area contributed by atoms with Gasteiger partial charge in [0.2, 0.25) is 0 Å². The van der Waals surface area contributed by atoms with Crippen molar-refractivity contribution in [2.45, 2.75) is 18.9 Å². The summed E-state index contributed by atoms with van der Waals surface area (Å²) in [5, 5.41) is 3.81. The van der Waals surface area contributed by atoms with E-state index in [4.69, 9.17) is 16.3 Å². The summed E-state index contributed by atoms with van der Waals surface area (Å²) in [6, 6.07) is 2.08. The van der Waals surface area contributed by atoms with Crippen LogP contribution in [0.1, 0.15) is 11.1 Å². The van der Waals surface area contributed by atoms with Crippen molar-refractivity contribution in [1.29, 1.82) is 0 Å². The average Bonchev–Trinajstić information content (AvgIpc) is 2.17. The van der Waals surface area contributed by atoms with Crippen molar-refractivity contribution < 1.29 is 4.74 Å². The van der Waals surface area contributed by atoms with Crippen molar-refractivity contribution in [2.24, 2.45) is 0 Å². The van der Waals surface area contributed by atoms with E-state index in [1.807, 2.05) is 13.1 Å². The van der Waals surface area contributed by atoms with E-state index >= 15 is 0 Å². The summed E-state index contributed by atoms with van der Waals surface area (Å²) in [6.07, 6.45) is 2.72. The quantitative estimate of drug-likeness (QED) is 0.795. The number of hydrogen-bond acceptors (Lipinski definition) is 3. The van der Waals surface area contributed by atoms with E-state index in [0.717, 1.165) is 25.1 Å². The molecule has 1 aromatic heterocycles. The van der Waals surface area contributed by atoms with E-state index in [0.29, 0.717) is 5.15 Å². The first-order chi connectivity index (χ1) is 7.15. The van der Waals surface area contributed by atoms with Crippen molar-refractivity contribution in [2.75, 3.05) is 20.2 Å². The molecule has 15 heavy (non-hydrogen) atoms. The number of methoxy groups -OCH3 is 1. The molecule has 0 atom stereocenters. The van der Waals surface area contributed by atoms with E-state index < -0.39 is 0 Å². The van der Waals surface area contributed by atoms with Crippen LogP contribution in [-0.4, -0.2) is 30.8 Å². The lowest BCUT2D eigenvalue weighted by Gasteiger charge is -2.41. The minimum atomic E-state index is -0.0397. The Morgan fingerprint density at radius 2 is 2.33 bits per heavy atom. The molecular formula is C11H15ClN2O. The van der Waals surface area contributed by atoms with Crippen LogP contribution in [0.25, 0.3) is 0 Å². The molecule has 0 spiro atoms. The first-order valence-electron chi connectivity index (χ1n) is 5.02. The molecule has 2 rings (SSSR count). The van der Waals surface area contributed by atoms with E-state index in [1.54, 1.807) is 7.11 Å². The average molecular weight is 227 g/mol. The molecule has 1 fully saturated rings. The molecule has 0 amide bonds. The summed E-state index contributed by atoms with van der Waals surface area (Å²) < 4.78 is 5.52. The molecule has 0 aliphatic carbocycles. The number of halogens is 1. The summed E-state index contributed by atoms with van der Waals surface area (Å²) >= 11 is 5.88. The molecule has 1 aromatic rings. The zero-order valence-corrected chi connectivity index (χ0v) is 9.77. The molecule has 0 bridgehead atoms. The van der Waals surface area contributed by atoms with Gasteiger partial charge in [0.15, 0.2) is 0 Å². The molecule has 4 heteroatoms. The monoisotopic (exact) mass is 226 g/mol. The maximum Gasteiger partial charge on any atom is 0.131 e. The molecule has 0 unspecified atom stereocenters. The largest absolute Gasteiger partial charge is 0.375 e. The lowest BCUT2D eigenvalue weighted by atomic mass is 9.89. The SMILES string of the molecule is COC1(Cc2cnc(Cl)c(C)c2)CNC1. The zero-order chi connectivity index (χ0) is 10.9. The van der Waals surface area contributed by atoms with Gasteiger partial charge >= 0.3 is 0 Å². The van der Waals surface area contributed by atoms with Gasteiger partial charge in [0.1, 0.15) is 5.15 Å². The number of pyridine rings is 1. The van der Waals surface area contributed by atoms with Crippen molar-refractivity contribution >= 4 is 11.6 Å². The Morgan fingerprint density at radius 1 is 1.60 bits per heavy atom. The summed E-state index contributed by atoms with van der Waals surface area (Å²) in [4.78, 5) is 4.14. The van der Waals surface area contributed by atoms with Crippen molar-refractivity contribution in [3.8, 4) is 0 Å². The molecule has 2 heterocycles. The second-order valence-electron chi connectivity index (χ2n) is 4.12. The predicted octanol–water partition coefficient (Wildman–Crippen LogP) is 1.57. The predicted molar refractivity (Wildman–Crippen MR) is 60.3 cm³/mol. The van der Waals surface area contributed by atoms with Gasteiger partial charge in [0.25, 0.3) is 0 Å². The third-order valence-electron chi connectivity index (χ3n) is 2.92. The fraction of sp³-hybridized carbons (Fsp3) is 0.545. The van der Waals surface area contributed by atoms with E-state index in [1.165, 1.54) is 5.56 Å². The van der Waals surface area contributed by atoms with Crippen LogP contribution in [0.15, 0.2) is 12.3 Å². The number of aromatic nitrogens is 1. The highest BCUT2D eigenvalue weighted by molar-refractivity contribution is 6.30. The topological polar surface area (TPSA) is 34.1 Å². The fourth-order valence-electron chi connectivity index (χ4n) is 1.83. The number of nitrogens with one attached hydrogen (secondary N) is 1. The Balaban J connectivity index is 2.13. The normalized spacial score (nSPS) is 18.6. The van der Waals surface area contributed by atoms with Crippen molar-refractivity contribution in [1.82, 2.24) is 10.3 Å². The number of hydrogen-bond donors (Lipinski definition) is 1. The Bertz CT molecular complexity index is 358. The van der Waals surface area contributed by atoms with Crippen LogP contribution in [0.5, 0.6) is 0 Å². The van der Waals surface area contributed by atoms with Gasteiger partial charge in [-0.05, 0) is 18.1 Å². The lowest BCUT2D eigenvalue weighted by molar-refractivity contribution is -0.0502. The first kappa shape index (κ1) is 10.9. The standard InChI is InChI=1S/C11H15ClN2O/c1-8-3-9(5-14-10(8)12)4-11(15-2)6-13-7-11/h3,5,13H,4,6-7H2,1-2H3. The highest BCUT2D eigenvalue weighted by Crippen LogP contribution is 2.23. The molecule has 0 saturated carbocycles. The van der Waals surface area contributed by atoms with Crippen LogP contribution in [0.4, 0.5) is 0 Å². The Kier molecular flexibility index (Phi) is 2.96. The molecule has 0 radical (unpaired) electrons. The number of aryl methyl sites for hydroxylation is 1. The van der Waals surface area contributed by atoms with Crippen LogP contribution >= 0.6 is 11.6 Å². The van der Waals surface area contributed by atoms with Crippen molar-refractivity contribution in [3.63, 3.8) is 0 Å². The number of nitrogens with zero attached hydrogens (tertiary/aromatic N) is 1. The minimum absolute atomic E-state index is 0.0397. The zero-order valence-electron chi connectivity index (χ0n) is 9.01. The molecular weight excluding hydrogens is 212 g/mol. The van der Waals surface area contributed by atoms with Gasteiger partial charge in [-0.1, -0.05) is 17.7 Å². The molecule has 1 aliphatic rings. The number of ether oxygens (including phenoxy) is 1. The van der Waals surface area contributed by atoms with Gasteiger partial charge < -0.3 is 10.1 Å². The van der Waals surface area contributed by atoms with E-state index in [9.17, 15) is 0 Å². The lowest BCUT2D eigenvalue weighted by Crippen LogP contribution is -2.61. The van der Waals surface area contributed by atoms with Gasteiger partial charge in [-0.15, -0.1) is 0 Å². The molecule has 82 valence electrons. The van der Waals surface area contributed by atoms with Gasteiger partial charge in [-0.2, -0.15) is 0 Å². The van der Waals surface area contributed by atoms with E-state index in [-0.39, 0.29) is 5.60 Å². The summed E-state index contributed by atoms with van der Waals surface area (Å²) in [5.41, 5.74) is 2.16. The molecule has 1 saturated heterocycles. The van der Waals surface area contributed by atoms with Crippen LogP contribution < -0.4 is 5.32 Å². The Labute approximate surface area is 94.8 Å². The van der Waals surface area contributed by atoms with Crippen LogP contribution in [-0.2, 0) is 11.2 Å². The summed E-state index contributed by atoms with van der Waals surface area (Å²) in [5.74, 6) is 0. The fourth-order valence-corrected chi connectivity index (χ4v) is 1.93. The smallest absolute Gasteiger partial charge is 0.131 e. The Hall–Kier alpha value is -0.640. The van der Waals surface area contributed by atoms with Gasteiger partial charge in [-0.25, -0.2) is 4.98 Å². The van der Waals surface area contributed by atoms with Gasteiger partial charge in [0, 0.05) is 32.8 Å². The van der Waals surface area contributed by atoms with Gasteiger partial charge in [-0.3, -0.25) is 0 Å². The highest BCUT2D eigenvalue weighted by atomic mass is 35.5. The second kappa shape index (κ2) is 4.08. The Morgan fingerprint density at radius 3 is 2.80 bits per heavy atom. The second-order valence-corrected chi connectivity index (χ2v) is 4.48. The first-order valence-corrected chi connectivity index (χ1v) is 5.40. The summed E-state index contributed by atoms with van der Waals surface area (Å²) in [6.45, 7) is 3.79. The third-order valence-corrected chi connectivity index (χ3v) is 3.32. The third kappa shape index (κ3) is 2.14. The maximum absolute atomic E-state index is 5.88. The van der Waals surface area contributed by atoms with Crippen LogP contribution in [0, 0.1) is 6.92 Å². The van der Waals surface area contributed by atoms with Crippen LogP contribution in [0.2, 0.25) is 5.15 Å². The van der Waals surface area contributed by atoms with Crippen molar-refractivity contribution in [3.05, 3.63) is 28.5 Å². The maximum atomic E-state index is 5.88. The minimum Gasteiger partial charge on any atom is -0.375 e. The van der Waals surface area contributed by atoms with E-state index in [2.05, 4.69) is 16.4 Å².